The Labute approximate surface area is 234 Å². The van der Waals surface area contributed by atoms with Crippen LogP contribution in [0.15, 0.2) is 146 Å². The topological polar surface area (TPSA) is 37.3 Å². The van der Waals surface area contributed by atoms with Gasteiger partial charge < -0.3 is 5.11 Å². The van der Waals surface area contributed by atoms with Crippen molar-refractivity contribution in [3.8, 4) is 23.7 Å². The molecule has 6 aromatic carbocycles. The fourth-order valence-corrected chi connectivity index (χ4v) is 4.38. The first kappa shape index (κ1) is 26.2. The van der Waals surface area contributed by atoms with Gasteiger partial charge >= 0.3 is 0 Å². The van der Waals surface area contributed by atoms with Gasteiger partial charge in [-0.05, 0) is 57.8 Å². The zero-order chi connectivity index (χ0) is 27.6. The van der Waals surface area contributed by atoms with Crippen molar-refractivity contribution in [1.82, 2.24) is 0 Å². The molecule has 2 heteroatoms. The monoisotopic (exact) mass is 514 g/mol. The van der Waals surface area contributed by atoms with Gasteiger partial charge in [0.05, 0.1) is 0 Å². The van der Waals surface area contributed by atoms with Gasteiger partial charge in [-0.3, -0.25) is 4.79 Å². The van der Waals surface area contributed by atoms with E-state index in [4.69, 9.17) is 0 Å². The molecule has 190 valence electrons. The third kappa shape index (κ3) is 6.53. The normalized spacial score (nSPS) is 10.7. The van der Waals surface area contributed by atoms with E-state index in [1.54, 1.807) is 0 Å². The Bertz CT molecular complexity index is 1870. The second-order valence-electron chi connectivity index (χ2n) is 9.08. The van der Waals surface area contributed by atoms with Crippen LogP contribution in [0.4, 0.5) is 0 Å². The number of carbonyl (C=O) groups excluding carboxylic acids is 1. The molecule has 1 N–H and O–H groups in total. The summed E-state index contributed by atoms with van der Waals surface area (Å²) >= 11 is 0. The number of carbonyl (C=O) groups is 1. The molecular weight excluding hydrogens is 488 g/mol. The van der Waals surface area contributed by atoms with Crippen molar-refractivity contribution >= 4 is 27.3 Å². The highest BCUT2D eigenvalue weighted by Crippen LogP contribution is 2.24. The molecule has 40 heavy (non-hydrogen) atoms. The summed E-state index contributed by atoms with van der Waals surface area (Å²) in [7, 11) is 0. The molecule has 1 atom stereocenters. The lowest BCUT2D eigenvalue weighted by Crippen LogP contribution is -1.96. The molecule has 0 bridgehead atoms. The number of hydrogen-bond donors (Lipinski definition) is 1. The number of fused-ring (bicyclic) bond motifs is 2. The molecule has 2 nitrogen and oxygen atoms in total. The maximum atomic E-state index is 12.3. The molecule has 6 aromatic rings. The van der Waals surface area contributed by atoms with E-state index in [9.17, 15) is 9.90 Å². The van der Waals surface area contributed by atoms with Crippen LogP contribution in [0.2, 0.25) is 0 Å². The quantitative estimate of drug-likeness (QED) is 0.188. The second kappa shape index (κ2) is 12.9. The van der Waals surface area contributed by atoms with Crippen LogP contribution in [-0.2, 0) is 0 Å². The summed E-state index contributed by atoms with van der Waals surface area (Å²) in [4.78, 5) is 12.3. The number of aliphatic hydroxyl groups is 1. The van der Waals surface area contributed by atoms with Crippen molar-refractivity contribution in [3.05, 3.63) is 168 Å². The molecule has 0 aliphatic heterocycles. The predicted octanol–water partition coefficient (Wildman–Crippen LogP) is 8.00. The molecule has 6 rings (SSSR count). The number of hydrogen-bond acceptors (Lipinski definition) is 2. The van der Waals surface area contributed by atoms with Crippen LogP contribution in [-0.4, -0.2) is 10.9 Å². The minimum atomic E-state index is -0.777. The highest BCUT2D eigenvalue weighted by Gasteiger charge is 2.08. The van der Waals surface area contributed by atoms with Gasteiger partial charge in [0.15, 0.2) is 0 Å². The Morgan fingerprint density at radius 1 is 0.525 bits per heavy atom. The van der Waals surface area contributed by atoms with Gasteiger partial charge in [-0.15, -0.1) is 0 Å². The fraction of sp³-hybridized carbons (Fsp3) is 0.0263. The molecule has 0 radical (unpaired) electrons. The first-order chi connectivity index (χ1) is 19.7. The summed E-state index contributed by atoms with van der Waals surface area (Å²) in [5.74, 6) is 11.4. The fourth-order valence-electron chi connectivity index (χ4n) is 4.38. The van der Waals surface area contributed by atoms with E-state index in [1.807, 2.05) is 146 Å². The number of ketones is 1. The van der Waals surface area contributed by atoms with Crippen LogP contribution in [0.25, 0.3) is 21.5 Å². The predicted molar refractivity (Wildman–Crippen MR) is 164 cm³/mol. The smallest absolute Gasteiger partial charge is 0.236 e. The van der Waals surface area contributed by atoms with E-state index in [0.29, 0.717) is 5.56 Å². The molecular formula is C38H26O2. The average molecular weight is 515 g/mol. The van der Waals surface area contributed by atoms with Gasteiger partial charge in [0.25, 0.3) is 0 Å². The first-order valence-corrected chi connectivity index (χ1v) is 13.0. The molecule has 0 amide bonds. The summed E-state index contributed by atoms with van der Waals surface area (Å²) in [6.45, 7) is 0. The first-order valence-electron chi connectivity index (χ1n) is 13.0. The van der Waals surface area contributed by atoms with Crippen LogP contribution >= 0.6 is 0 Å². The highest BCUT2D eigenvalue weighted by molar-refractivity contribution is 6.16. The molecule has 0 saturated carbocycles. The Morgan fingerprint density at radius 3 is 1.70 bits per heavy atom. The maximum Gasteiger partial charge on any atom is 0.236 e. The minimum Gasteiger partial charge on any atom is -0.376 e. The minimum absolute atomic E-state index is 0.148. The Balaban J connectivity index is 0.000000161. The number of Topliss-reactive ketones (excluding diaryl/α,β-unsaturated/α-hetero) is 1. The standard InChI is InChI=1S/C19H14O.C19H12O/c2*20-19(14-13-15-7-2-1-3-8-15)18-12-6-10-16-9-4-5-11-17(16)18/h1-12,19-20H;1-12H. The summed E-state index contributed by atoms with van der Waals surface area (Å²) in [6, 6.07) is 46.7. The summed E-state index contributed by atoms with van der Waals surface area (Å²) in [6.07, 6.45) is -0.777. The zero-order valence-corrected chi connectivity index (χ0v) is 21.8. The van der Waals surface area contributed by atoms with E-state index in [0.717, 1.165) is 38.2 Å². The van der Waals surface area contributed by atoms with Crippen molar-refractivity contribution in [2.75, 3.05) is 0 Å². The van der Waals surface area contributed by atoms with Crippen LogP contribution in [0.1, 0.15) is 33.2 Å². The molecule has 0 aromatic heterocycles. The lowest BCUT2D eigenvalue weighted by molar-refractivity contribution is 0.105. The number of rotatable bonds is 2. The summed E-state index contributed by atoms with van der Waals surface area (Å²) in [5.41, 5.74) is 3.27. The van der Waals surface area contributed by atoms with Gasteiger partial charge in [-0.2, -0.15) is 0 Å². The Hall–Kier alpha value is -5.41. The van der Waals surface area contributed by atoms with Crippen molar-refractivity contribution in [2.45, 2.75) is 6.10 Å². The maximum absolute atomic E-state index is 12.3. The highest BCUT2D eigenvalue weighted by atomic mass is 16.3. The van der Waals surface area contributed by atoms with E-state index in [1.165, 1.54) is 0 Å². The van der Waals surface area contributed by atoms with E-state index in [2.05, 4.69) is 23.7 Å². The van der Waals surface area contributed by atoms with Gasteiger partial charge in [0.2, 0.25) is 5.78 Å². The van der Waals surface area contributed by atoms with Gasteiger partial charge in [-0.1, -0.05) is 133 Å². The second-order valence-corrected chi connectivity index (χ2v) is 9.08. The molecule has 0 heterocycles. The SMILES string of the molecule is O=C(C#Cc1ccccc1)c1cccc2ccccc12.OC(C#Cc1ccccc1)c1cccc2ccccc12. The molecule has 0 fully saturated rings. The van der Waals surface area contributed by atoms with Gasteiger partial charge in [-0.25, -0.2) is 0 Å². The molecule has 0 aliphatic rings. The van der Waals surface area contributed by atoms with Crippen molar-refractivity contribution in [2.24, 2.45) is 0 Å². The zero-order valence-electron chi connectivity index (χ0n) is 21.8. The Morgan fingerprint density at radius 2 is 1.02 bits per heavy atom. The Kier molecular flexibility index (Phi) is 8.45. The van der Waals surface area contributed by atoms with Crippen molar-refractivity contribution < 1.29 is 9.90 Å². The van der Waals surface area contributed by atoms with Crippen molar-refractivity contribution in [1.29, 1.82) is 0 Å². The van der Waals surface area contributed by atoms with Gasteiger partial charge in [0.1, 0.15) is 6.10 Å². The number of aliphatic hydroxyl groups excluding tert-OH is 1. The summed E-state index contributed by atoms with van der Waals surface area (Å²) < 4.78 is 0. The average Bonchev–Trinajstić information content (AvgIpc) is 3.03. The lowest BCUT2D eigenvalue weighted by atomic mass is 10.0. The third-order valence-electron chi connectivity index (χ3n) is 6.37. The summed E-state index contributed by atoms with van der Waals surface area (Å²) in [5, 5.41) is 14.5. The van der Waals surface area contributed by atoms with Crippen molar-refractivity contribution in [3.63, 3.8) is 0 Å². The van der Waals surface area contributed by atoms with Crippen LogP contribution in [0.5, 0.6) is 0 Å². The molecule has 0 aliphatic carbocycles. The van der Waals surface area contributed by atoms with Gasteiger partial charge in [0, 0.05) is 22.3 Å². The molecule has 1 unspecified atom stereocenters. The van der Waals surface area contributed by atoms with E-state index < -0.39 is 6.10 Å². The largest absolute Gasteiger partial charge is 0.376 e. The van der Waals surface area contributed by atoms with Crippen LogP contribution in [0, 0.1) is 23.7 Å². The van der Waals surface area contributed by atoms with Crippen LogP contribution < -0.4 is 0 Å². The van der Waals surface area contributed by atoms with Crippen LogP contribution in [0.3, 0.4) is 0 Å². The lowest BCUT2D eigenvalue weighted by Gasteiger charge is -2.08. The third-order valence-corrected chi connectivity index (χ3v) is 6.37. The molecule has 0 saturated heterocycles. The number of benzene rings is 6. The van der Waals surface area contributed by atoms with E-state index >= 15 is 0 Å². The molecule has 0 spiro atoms. The van der Waals surface area contributed by atoms with E-state index in [-0.39, 0.29) is 5.78 Å².